The highest BCUT2D eigenvalue weighted by molar-refractivity contribution is 6.33. The molecule has 0 bridgehead atoms. The average molecular weight is 262 g/mol. The number of hydroxylamine groups is 2. The van der Waals surface area contributed by atoms with E-state index in [9.17, 15) is 10.0 Å². The Labute approximate surface area is 109 Å². The normalized spacial score (nSPS) is 10.1. The molecule has 5 heteroatoms. The van der Waals surface area contributed by atoms with Crippen LogP contribution in [0.15, 0.2) is 48.8 Å². The average Bonchev–Trinajstić information content (AvgIpc) is 2.39. The molecule has 0 aliphatic rings. The Morgan fingerprint density at radius 3 is 2.56 bits per heavy atom. The third-order valence-corrected chi connectivity index (χ3v) is 2.74. The van der Waals surface area contributed by atoms with Gasteiger partial charge in [0.05, 0.1) is 10.6 Å². The summed E-state index contributed by atoms with van der Waals surface area (Å²) in [6, 6.07) is 9.85. The molecule has 18 heavy (non-hydrogen) atoms. The number of carbonyl (C=O) groups is 1. The molecular formula is C13H10ClN2O2-. The number of amides is 1. The molecule has 0 atom stereocenters. The van der Waals surface area contributed by atoms with Crippen LogP contribution < -0.4 is 0 Å². The standard InChI is InChI=1S/C13H10ClN2O2/c14-12-4-2-1-3-11(12)13(17)16(18)9-10-5-7-15-8-6-10/h1-8H,9H2/q-1. The first-order valence-corrected chi connectivity index (χ1v) is 5.68. The molecule has 0 saturated heterocycles. The fraction of sp³-hybridized carbons (Fsp3) is 0.0769. The van der Waals surface area contributed by atoms with Gasteiger partial charge in [-0.15, -0.1) is 0 Å². The first-order valence-electron chi connectivity index (χ1n) is 5.31. The summed E-state index contributed by atoms with van der Waals surface area (Å²) in [5.74, 6) is -0.641. The molecule has 1 aromatic carbocycles. The van der Waals surface area contributed by atoms with Crippen LogP contribution in [0.25, 0.3) is 0 Å². The second kappa shape index (κ2) is 5.62. The topological polar surface area (TPSA) is 56.3 Å². The van der Waals surface area contributed by atoms with E-state index in [0.29, 0.717) is 5.06 Å². The van der Waals surface area contributed by atoms with Crippen LogP contribution in [0.2, 0.25) is 5.02 Å². The lowest BCUT2D eigenvalue weighted by molar-refractivity contribution is 0.0814. The largest absolute Gasteiger partial charge is 0.756 e. The first-order chi connectivity index (χ1) is 8.68. The number of hydrogen-bond acceptors (Lipinski definition) is 3. The minimum atomic E-state index is -0.641. The van der Waals surface area contributed by atoms with E-state index in [1.807, 2.05) is 0 Å². The van der Waals surface area contributed by atoms with Gasteiger partial charge in [0.1, 0.15) is 0 Å². The summed E-state index contributed by atoms with van der Waals surface area (Å²) in [7, 11) is 0. The van der Waals surface area contributed by atoms with Crippen molar-refractivity contribution in [2.75, 3.05) is 0 Å². The minimum Gasteiger partial charge on any atom is -0.756 e. The fourth-order valence-electron chi connectivity index (χ4n) is 1.49. The van der Waals surface area contributed by atoms with Gasteiger partial charge in [-0.05, 0) is 29.8 Å². The highest BCUT2D eigenvalue weighted by Gasteiger charge is 2.11. The van der Waals surface area contributed by atoms with Crippen LogP contribution in [0.5, 0.6) is 0 Å². The Morgan fingerprint density at radius 1 is 1.22 bits per heavy atom. The monoisotopic (exact) mass is 261 g/mol. The van der Waals surface area contributed by atoms with Gasteiger partial charge in [-0.3, -0.25) is 9.78 Å². The van der Waals surface area contributed by atoms with Gasteiger partial charge in [-0.1, -0.05) is 23.7 Å². The molecule has 0 aliphatic carbocycles. The van der Waals surface area contributed by atoms with Crippen LogP contribution in [0.3, 0.4) is 0 Å². The fourth-order valence-corrected chi connectivity index (χ4v) is 1.71. The molecule has 0 spiro atoms. The van der Waals surface area contributed by atoms with Crippen LogP contribution in [-0.2, 0) is 6.54 Å². The number of hydrogen-bond donors (Lipinski definition) is 0. The van der Waals surface area contributed by atoms with Crippen LogP contribution >= 0.6 is 11.6 Å². The van der Waals surface area contributed by atoms with Crippen molar-refractivity contribution < 1.29 is 4.79 Å². The van der Waals surface area contributed by atoms with Gasteiger partial charge in [-0.25, -0.2) is 0 Å². The van der Waals surface area contributed by atoms with Crippen molar-refractivity contribution in [1.29, 1.82) is 0 Å². The molecule has 0 N–H and O–H groups in total. The summed E-state index contributed by atoms with van der Waals surface area (Å²) < 4.78 is 0. The first kappa shape index (κ1) is 12.5. The zero-order valence-electron chi connectivity index (χ0n) is 9.41. The van der Waals surface area contributed by atoms with Crippen molar-refractivity contribution in [2.24, 2.45) is 0 Å². The second-order valence-corrected chi connectivity index (χ2v) is 4.08. The molecular weight excluding hydrogens is 252 g/mol. The van der Waals surface area contributed by atoms with E-state index in [1.165, 1.54) is 6.07 Å². The number of carbonyl (C=O) groups excluding carboxylic acids is 1. The third-order valence-electron chi connectivity index (χ3n) is 2.41. The minimum absolute atomic E-state index is 0.0213. The van der Waals surface area contributed by atoms with E-state index in [-0.39, 0.29) is 17.1 Å². The lowest BCUT2D eigenvalue weighted by Gasteiger charge is -2.28. The summed E-state index contributed by atoms with van der Waals surface area (Å²) in [5.41, 5.74) is 0.934. The van der Waals surface area contributed by atoms with Gasteiger partial charge >= 0.3 is 0 Å². The molecule has 0 radical (unpaired) electrons. The predicted molar refractivity (Wildman–Crippen MR) is 68.9 cm³/mol. The van der Waals surface area contributed by atoms with E-state index < -0.39 is 5.91 Å². The van der Waals surface area contributed by atoms with Gasteiger partial charge in [0, 0.05) is 18.9 Å². The SMILES string of the molecule is O=C(c1ccccc1Cl)N([O-])Cc1ccncc1. The van der Waals surface area contributed by atoms with Crippen molar-refractivity contribution in [3.05, 3.63) is 70.1 Å². The summed E-state index contributed by atoms with van der Waals surface area (Å²) in [6.45, 7) is -0.0213. The molecule has 0 aliphatic heterocycles. The van der Waals surface area contributed by atoms with Gasteiger partial charge < -0.3 is 10.3 Å². The summed E-state index contributed by atoms with van der Waals surface area (Å²) in [6.07, 6.45) is 3.15. The summed E-state index contributed by atoms with van der Waals surface area (Å²) in [5, 5.41) is 12.4. The van der Waals surface area contributed by atoms with Crippen molar-refractivity contribution in [3.63, 3.8) is 0 Å². The van der Waals surface area contributed by atoms with Crippen LogP contribution in [0, 0.1) is 5.21 Å². The van der Waals surface area contributed by atoms with Crippen LogP contribution in [0.4, 0.5) is 0 Å². The van der Waals surface area contributed by atoms with Gasteiger partial charge in [0.15, 0.2) is 0 Å². The van der Waals surface area contributed by atoms with E-state index in [2.05, 4.69) is 4.98 Å². The molecule has 2 aromatic rings. The maximum absolute atomic E-state index is 11.9. The Hall–Kier alpha value is -1.91. The smallest absolute Gasteiger partial charge is 0.245 e. The quantitative estimate of drug-likeness (QED) is 0.799. The maximum atomic E-state index is 11.9. The molecule has 1 aromatic heterocycles. The number of benzene rings is 1. The molecule has 1 amide bonds. The van der Waals surface area contributed by atoms with E-state index in [0.717, 1.165) is 5.56 Å². The van der Waals surface area contributed by atoms with Crippen molar-refractivity contribution >= 4 is 17.5 Å². The summed E-state index contributed by atoms with van der Waals surface area (Å²) in [4.78, 5) is 15.7. The number of nitrogens with zero attached hydrogens (tertiary/aromatic N) is 2. The summed E-state index contributed by atoms with van der Waals surface area (Å²) >= 11 is 5.87. The van der Waals surface area contributed by atoms with Crippen molar-refractivity contribution in [3.8, 4) is 0 Å². The Bertz CT molecular complexity index is 546. The lowest BCUT2D eigenvalue weighted by Crippen LogP contribution is -2.24. The molecule has 0 unspecified atom stereocenters. The Morgan fingerprint density at radius 2 is 1.89 bits per heavy atom. The van der Waals surface area contributed by atoms with Gasteiger partial charge in [0.2, 0.25) is 5.91 Å². The van der Waals surface area contributed by atoms with Gasteiger partial charge in [-0.2, -0.15) is 0 Å². The maximum Gasteiger partial charge on any atom is 0.245 e. The number of halogens is 1. The highest BCUT2D eigenvalue weighted by Crippen LogP contribution is 2.17. The number of rotatable bonds is 3. The van der Waals surface area contributed by atoms with Crippen LogP contribution in [0.1, 0.15) is 15.9 Å². The van der Waals surface area contributed by atoms with E-state index in [4.69, 9.17) is 11.6 Å². The Kier molecular flexibility index (Phi) is 3.92. The molecule has 2 rings (SSSR count). The number of pyridine rings is 1. The van der Waals surface area contributed by atoms with Crippen molar-refractivity contribution in [2.45, 2.75) is 6.54 Å². The zero-order valence-corrected chi connectivity index (χ0v) is 10.2. The van der Waals surface area contributed by atoms with Crippen molar-refractivity contribution in [1.82, 2.24) is 10.0 Å². The highest BCUT2D eigenvalue weighted by atomic mass is 35.5. The zero-order chi connectivity index (χ0) is 13.0. The molecule has 92 valence electrons. The molecule has 4 nitrogen and oxygen atoms in total. The second-order valence-electron chi connectivity index (χ2n) is 3.68. The van der Waals surface area contributed by atoms with Gasteiger partial charge in [0.25, 0.3) is 0 Å². The molecule has 0 fully saturated rings. The van der Waals surface area contributed by atoms with E-state index >= 15 is 0 Å². The molecule has 1 heterocycles. The van der Waals surface area contributed by atoms with Crippen LogP contribution in [-0.4, -0.2) is 16.0 Å². The third kappa shape index (κ3) is 2.85. The Balaban J connectivity index is 2.13. The predicted octanol–water partition coefficient (Wildman–Crippen LogP) is 2.88. The molecule has 0 saturated carbocycles. The lowest BCUT2D eigenvalue weighted by atomic mass is 10.2. The van der Waals surface area contributed by atoms with E-state index in [1.54, 1.807) is 42.7 Å². The number of aromatic nitrogens is 1.